The number of aliphatic hydroxyl groups is 1. The minimum Gasteiger partial charge on any atom is -0.390 e. The van der Waals surface area contributed by atoms with E-state index < -0.39 is 0 Å². The second-order valence-electron chi connectivity index (χ2n) is 8.41. The van der Waals surface area contributed by atoms with E-state index in [9.17, 15) is 5.11 Å². The lowest BCUT2D eigenvalue weighted by Gasteiger charge is -2.34. The number of aliphatic hydroxyl groups excluding tert-OH is 1. The average Bonchev–Trinajstić information content (AvgIpc) is 2.72. The summed E-state index contributed by atoms with van der Waals surface area (Å²) in [4.78, 5) is 0. The second kappa shape index (κ2) is 15.0. The van der Waals surface area contributed by atoms with Crippen LogP contribution in [0.5, 0.6) is 0 Å². The van der Waals surface area contributed by atoms with Gasteiger partial charge >= 0.3 is 0 Å². The van der Waals surface area contributed by atoms with Crippen LogP contribution in [0.3, 0.4) is 0 Å². The first-order chi connectivity index (χ1) is 13.8. The summed E-state index contributed by atoms with van der Waals surface area (Å²) in [5, 5.41) is 10.3. The SMILES string of the molecule is CCCCCCCCCCCC[C@H]1O[C@@H](COCc2ccccc2)CC[C@H]1O. The number of ether oxygens (including phenoxy) is 2. The zero-order valence-corrected chi connectivity index (χ0v) is 18.0. The van der Waals surface area contributed by atoms with Crippen molar-refractivity contribution in [3.8, 4) is 0 Å². The fraction of sp³-hybridized carbons (Fsp3) is 0.760. The van der Waals surface area contributed by atoms with Crippen molar-refractivity contribution in [3.05, 3.63) is 35.9 Å². The van der Waals surface area contributed by atoms with E-state index in [-0.39, 0.29) is 18.3 Å². The molecule has 3 atom stereocenters. The minimum atomic E-state index is -0.302. The van der Waals surface area contributed by atoms with Gasteiger partial charge in [0, 0.05) is 0 Å². The Morgan fingerprint density at radius 2 is 1.54 bits per heavy atom. The van der Waals surface area contributed by atoms with E-state index in [1.807, 2.05) is 18.2 Å². The zero-order chi connectivity index (χ0) is 19.9. The highest BCUT2D eigenvalue weighted by Crippen LogP contribution is 2.24. The van der Waals surface area contributed by atoms with E-state index in [0.717, 1.165) is 25.7 Å². The second-order valence-corrected chi connectivity index (χ2v) is 8.41. The van der Waals surface area contributed by atoms with Crippen molar-refractivity contribution in [1.29, 1.82) is 0 Å². The topological polar surface area (TPSA) is 38.7 Å². The van der Waals surface area contributed by atoms with Gasteiger partial charge in [0.2, 0.25) is 0 Å². The zero-order valence-electron chi connectivity index (χ0n) is 18.0. The highest BCUT2D eigenvalue weighted by Gasteiger charge is 2.29. The smallest absolute Gasteiger partial charge is 0.0838 e. The molecule has 0 bridgehead atoms. The quantitative estimate of drug-likeness (QED) is 0.351. The van der Waals surface area contributed by atoms with Crippen molar-refractivity contribution in [2.24, 2.45) is 0 Å². The Balaban J connectivity index is 1.50. The molecule has 1 heterocycles. The third-order valence-corrected chi connectivity index (χ3v) is 5.84. The predicted octanol–water partition coefficient (Wildman–Crippen LogP) is 6.42. The Bertz CT molecular complexity index is 476. The van der Waals surface area contributed by atoms with Crippen molar-refractivity contribution >= 4 is 0 Å². The van der Waals surface area contributed by atoms with Gasteiger partial charge < -0.3 is 14.6 Å². The van der Waals surface area contributed by atoms with Crippen LogP contribution in [-0.2, 0) is 16.1 Å². The minimum absolute atomic E-state index is 0.00637. The van der Waals surface area contributed by atoms with Crippen LogP contribution < -0.4 is 0 Å². The van der Waals surface area contributed by atoms with Gasteiger partial charge in [-0.05, 0) is 24.8 Å². The standard InChI is InChI=1S/C25H42O3/c1-2-3-4-5-6-7-8-9-10-14-17-25-24(26)19-18-23(28-25)21-27-20-22-15-12-11-13-16-22/h11-13,15-16,23-26H,2-10,14,17-21H2,1H3/t23-,24-,25-/m1/s1. The van der Waals surface area contributed by atoms with Gasteiger partial charge in [0.15, 0.2) is 0 Å². The maximum absolute atomic E-state index is 10.3. The van der Waals surface area contributed by atoms with E-state index in [0.29, 0.717) is 13.2 Å². The Morgan fingerprint density at radius 1 is 0.893 bits per heavy atom. The lowest BCUT2D eigenvalue weighted by Crippen LogP contribution is -2.40. The van der Waals surface area contributed by atoms with Crippen LogP contribution in [0.4, 0.5) is 0 Å². The molecule has 1 fully saturated rings. The first-order valence-corrected chi connectivity index (χ1v) is 11.7. The molecule has 0 radical (unpaired) electrons. The van der Waals surface area contributed by atoms with Gasteiger partial charge in [0.05, 0.1) is 31.5 Å². The molecule has 3 heteroatoms. The van der Waals surface area contributed by atoms with E-state index in [4.69, 9.17) is 9.47 Å². The molecule has 0 amide bonds. The van der Waals surface area contributed by atoms with Gasteiger partial charge in [0.1, 0.15) is 0 Å². The van der Waals surface area contributed by atoms with Crippen LogP contribution >= 0.6 is 0 Å². The van der Waals surface area contributed by atoms with E-state index in [2.05, 4.69) is 19.1 Å². The molecule has 2 rings (SSSR count). The number of hydrogen-bond donors (Lipinski definition) is 1. The van der Waals surface area contributed by atoms with E-state index in [1.165, 1.54) is 63.4 Å². The van der Waals surface area contributed by atoms with Gasteiger partial charge in [-0.15, -0.1) is 0 Å². The number of unbranched alkanes of at least 4 members (excludes halogenated alkanes) is 9. The number of rotatable bonds is 15. The molecule has 0 aromatic heterocycles. The van der Waals surface area contributed by atoms with Gasteiger partial charge in [0.25, 0.3) is 0 Å². The third-order valence-electron chi connectivity index (χ3n) is 5.84. The number of benzene rings is 1. The third kappa shape index (κ3) is 10.0. The summed E-state index contributed by atoms with van der Waals surface area (Å²) < 4.78 is 12.0. The predicted molar refractivity (Wildman–Crippen MR) is 116 cm³/mol. The lowest BCUT2D eigenvalue weighted by atomic mass is 9.96. The molecule has 0 aliphatic carbocycles. The fourth-order valence-corrected chi connectivity index (χ4v) is 4.05. The maximum Gasteiger partial charge on any atom is 0.0838 e. The first kappa shape index (κ1) is 23.4. The normalized spacial score (nSPS) is 22.4. The average molecular weight is 391 g/mol. The molecule has 1 aromatic carbocycles. The summed E-state index contributed by atoms with van der Waals surface area (Å²) in [7, 11) is 0. The Hall–Kier alpha value is -0.900. The summed E-state index contributed by atoms with van der Waals surface area (Å²) in [6, 6.07) is 10.3. The van der Waals surface area contributed by atoms with E-state index in [1.54, 1.807) is 0 Å². The summed E-state index contributed by atoms with van der Waals surface area (Å²) in [5.41, 5.74) is 1.19. The summed E-state index contributed by atoms with van der Waals surface area (Å²) in [5.74, 6) is 0. The van der Waals surface area contributed by atoms with Crippen molar-refractivity contribution in [2.75, 3.05) is 6.61 Å². The molecule has 1 saturated heterocycles. The van der Waals surface area contributed by atoms with Crippen molar-refractivity contribution in [3.63, 3.8) is 0 Å². The Labute approximate surface area is 172 Å². The van der Waals surface area contributed by atoms with Crippen LogP contribution in [0.2, 0.25) is 0 Å². The monoisotopic (exact) mass is 390 g/mol. The Kier molecular flexibility index (Phi) is 12.5. The largest absolute Gasteiger partial charge is 0.390 e. The molecule has 0 spiro atoms. The summed E-state index contributed by atoms with van der Waals surface area (Å²) in [6.07, 6.45) is 15.9. The van der Waals surface area contributed by atoms with Gasteiger partial charge in [-0.1, -0.05) is 101 Å². The van der Waals surface area contributed by atoms with Crippen LogP contribution in [0.25, 0.3) is 0 Å². The lowest BCUT2D eigenvalue weighted by molar-refractivity contribution is -0.141. The summed E-state index contributed by atoms with van der Waals surface area (Å²) in [6.45, 7) is 3.52. The molecule has 3 nitrogen and oxygen atoms in total. The molecular formula is C25H42O3. The molecule has 1 aliphatic heterocycles. The fourth-order valence-electron chi connectivity index (χ4n) is 4.05. The van der Waals surface area contributed by atoms with Crippen molar-refractivity contribution in [1.82, 2.24) is 0 Å². The van der Waals surface area contributed by atoms with Crippen LogP contribution in [-0.4, -0.2) is 30.0 Å². The highest BCUT2D eigenvalue weighted by atomic mass is 16.5. The molecule has 0 saturated carbocycles. The van der Waals surface area contributed by atoms with E-state index >= 15 is 0 Å². The summed E-state index contributed by atoms with van der Waals surface area (Å²) >= 11 is 0. The van der Waals surface area contributed by atoms with Crippen molar-refractivity contribution < 1.29 is 14.6 Å². The van der Waals surface area contributed by atoms with Gasteiger partial charge in [-0.25, -0.2) is 0 Å². The van der Waals surface area contributed by atoms with Crippen LogP contribution in [0.1, 0.15) is 96.0 Å². The molecule has 1 aliphatic rings. The molecule has 1 N–H and O–H groups in total. The van der Waals surface area contributed by atoms with Gasteiger partial charge in [-0.2, -0.15) is 0 Å². The van der Waals surface area contributed by atoms with Gasteiger partial charge in [-0.3, -0.25) is 0 Å². The molecular weight excluding hydrogens is 348 g/mol. The van der Waals surface area contributed by atoms with Crippen LogP contribution in [0.15, 0.2) is 30.3 Å². The first-order valence-electron chi connectivity index (χ1n) is 11.7. The molecule has 160 valence electrons. The van der Waals surface area contributed by atoms with Crippen LogP contribution in [0, 0.1) is 0 Å². The molecule has 1 aromatic rings. The molecule has 28 heavy (non-hydrogen) atoms. The highest BCUT2D eigenvalue weighted by molar-refractivity contribution is 5.13. The molecule has 0 unspecified atom stereocenters. The Morgan fingerprint density at radius 3 is 2.21 bits per heavy atom. The number of hydrogen-bond acceptors (Lipinski definition) is 3. The van der Waals surface area contributed by atoms with Crippen molar-refractivity contribution in [2.45, 2.75) is 115 Å². The maximum atomic E-state index is 10.3.